The fourth-order valence-electron chi connectivity index (χ4n) is 0.670. The first-order chi connectivity index (χ1) is 6.09. The second-order valence-corrected chi connectivity index (χ2v) is 2.57. The average molecular weight is 200 g/mol. The number of hydrogen-bond donors (Lipinski definition) is 2. The summed E-state index contributed by atoms with van der Waals surface area (Å²) in [6, 6.07) is 1.40. The van der Waals surface area contributed by atoms with Gasteiger partial charge in [0.25, 0.3) is 0 Å². The molecule has 0 aliphatic carbocycles. The molecule has 1 aromatic rings. The number of halogens is 1. The highest BCUT2D eigenvalue weighted by Crippen LogP contribution is 2.13. The van der Waals surface area contributed by atoms with E-state index < -0.39 is 5.97 Å². The van der Waals surface area contributed by atoms with E-state index in [9.17, 15) is 4.79 Å². The summed E-state index contributed by atoms with van der Waals surface area (Å²) in [4.78, 5) is 10.1. The smallest absolute Gasteiger partial charge is 0.328 e. The standard InChI is InChI=1S/C7H6ClN3O2/c8-6-3-4(9)5(10-11-6)1-2-7(12)13/h1-3H,(H2,9,11)(H,12,13)/b2-1+. The zero-order valence-corrected chi connectivity index (χ0v) is 7.19. The van der Waals surface area contributed by atoms with Gasteiger partial charge in [-0.15, -0.1) is 10.2 Å². The lowest BCUT2D eigenvalue weighted by Gasteiger charge is -1.96. The van der Waals surface area contributed by atoms with Crippen LogP contribution in [0.25, 0.3) is 6.08 Å². The van der Waals surface area contributed by atoms with Gasteiger partial charge >= 0.3 is 5.97 Å². The molecule has 0 bridgehead atoms. The van der Waals surface area contributed by atoms with Gasteiger partial charge in [0.2, 0.25) is 0 Å². The van der Waals surface area contributed by atoms with Crippen LogP contribution in [0.5, 0.6) is 0 Å². The Bertz CT molecular complexity index is 365. The number of carboxylic acid groups (broad SMARTS) is 1. The monoisotopic (exact) mass is 199 g/mol. The van der Waals surface area contributed by atoms with E-state index in [0.717, 1.165) is 6.08 Å². The molecule has 13 heavy (non-hydrogen) atoms. The number of carbonyl (C=O) groups is 1. The van der Waals surface area contributed by atoms with Crippen LogP contribution in [0.3, 0.4) is 0 Å². The Morgan fingerprint density at radius 1 is 1.62 bits per heavy atom. The quantitative estimate of drug-likeness (QED) is 0.688. The van der Waals surface area contributed by atoms with Gasteiger partial charge in [-0.3, -0.25) is 0 Å². The molecule has 0 amide bonds. The van der Waals surface area contributed by atoms with E-state index in [1.54, 1.807) is 0 Å². The second-order valence-electron chi connectivity index (χ2n) is 2.18. The number of hydrogen-bond acceptors (Lipinski definition) is 4. The number of aliphatic carboxylic acids is 1. The third kappa shape index (κ3) is 2.72. The summed E-state index contributed by atoms with van der Waals surface area (Å²) in [5, 5.41) is 15.6. The molecule has 0 aliphatic rings. The van der Waals surface area contributed by atoms with Crippen LogP contribution in [0.2, 0.25) is 5.15 Å². The Morgan fingerprint density at radius 2 is 2.31 bits per heavy atom. The predicted octanol–water partition coefficient (Wildman–Crippen LogP) is 0.810. The summed E-state index contributed by atoms with van der Waals surface area (Å²) in [7, 11) is 0. The van der Waals surface area contributed by atoms with Crippen molar-refractivity contribution < 1.29 is 9.90 Å². The topological polar surface area (TPSA) is 89.1 Å². The van der Waals surface area contributed by atoms with E-state index in [0.29, 0.717) is 0 Å². The summed E-state index contributed by atoms with van der Waals surface area (Å²) >= 11 is 5.49. The van der Waals surface area contributed by atoms with Crippen LogP contribution in [0.4, 0.5) is 5.69 Å². The van der Waals surface area contributed by atoms with E-state index in [1.807, 2.05) is 0 Å². The lowest BCUT2D eigenvalue weighted by Crippen LogP contribution is -1.96. The van der Waals surface area contributed by atoms with Crippen molar-refractivity contribution in [3.8, 4) is 0 Å². The highest BCUT2D eigenvalue weighted by atomic mass is 35.5. The Morgan fingerprint density at radius 3 is 2.85 bits per heavy atom. The SMILES string of the molecule is Nc1cc(Cl)nnc1/C=C/C(=O)O. The van der Waals surface area contributed by atoms with Gasteiger partial charge in [-0.05, 0) is 6.08 Å². The third-order valence-corrected chi connectivity index (χ3v) is 1.39. The number of nitrogen functional groups attached to an aromatic ring is 1. The van der Waals surface area contributed by atoms with Gasteiger partial charge in [-0.25, -0.2) is 4.79 Å². The molecule has 0 saturated carbocycles. The molecular weight excluding hydrogens is 194 g/mol. The normalized spacial score (nSPS) is 10.5. The van der Waals surface area contributed by atoms with Crippen LogP contribution in [0.15, 0.2) is 12.1 Å². The van der Waals surface area contributed by atoms with Crippen molar-refractivity contribution in [2.45, 2.75) is 0 Å². The maximum atomic E-state index is 10.1. The fourth-order valence-corrected chi connectivity index (χ4v) is 0.826. The third-order valence-electron chi connectivity index (χ3n) is 1.21. The predicted molar refractivity (Wildman–Crippen MR) is 48.1 cm³/mol. The molecule has 6 heteroatoms. The van der Waals surface area contributed by atoms with Crippen molar-refractivity contribution in [2.24, 2.45) is 0 Å². The molecule has 0 aromatic carbocycles. The van der Waals surface area contributed by atoms with Crippen LogP contribution < -0.4 is 5.73 Å². The van der Waals surface area contributed by atoms with Crippen LogP contribution >= 0.6 is 11.6 Å². The minimum Gasteiger partial charge on any atom is -0.478 e. The average Bonchev–Trinajstić information content (AvgIpc) is 2.02. The molecule has 0 fully saturated rings. The maximum absolute atomic E-state index is 10.1. The van der Waals surface area contributed by atoms with E-state index >= 15 is 0 Å². The Hall–Kier alpha value is -1.62. The minimum absolute atomic E-state index is 0.171. The molecule has 1 heterocycles. The zero-order valence-electron chi connectivity index (χ0n) is 6.44. The maximum Gasteiger partial charge on any atom is 0.328 e. The summed E-state index contributed by atoms with van der Waals surface area (Å²) in [6.45, 7) is 0. The highest BCUT2D eigenvalue weighted by molar-refractivity contribution is 6.29. The van der Waals surface area contributed by atoms with Gasteiger partial charge in [-0.2, -0.15) is 0 Å². The van der Waals surface area contributed by atoms with Gasteiger partial charge in [0.15, 0.2) is 5.15 Å². The molecule has 68 valence electrons. The largest absolute Gasteiger partial charge is 0.478 e. The molecule has 0 aliphatic heterocycles. The first-order valence-corrected chi connectivity index (χ1v) is 3.67. The summed E-state index contributed by atoms with van der Waals surface area (Å²) in [6.07, 6.45) is 2.18. The first kappa shape index (κ1) is 9.47. The molecule has 0 atom stereocenters. The fraction of sp³-hybridized carbons (Fsp3) is 0. The summed E-state index contributed by atoms with van der Waals surface area (Å²) < 4.78 is 0. The van der Waals surface area contributed by atoms with Gasteiger partial charge in [0, 0.05) is 12.1 Å². The number of carboxylic acids is 1. The van der Waals surface area contributed by atoms with E-state index in [-0.39, 0.29) is 16.5 Å². The van der Waals surface area contributed by atoms with E-state index in [1.165, 1.54) is 12.1 Å². The minimum atomic E-state index is -1.07. The molecule has 0 spiro atoms. The van der Waals surface area contributed by atoms with Crippen molar-refractivity contribution in [1.29, 1.82) is 0 Å². The molecule has 1 rings (SSSR count). The molecule has 5 nitrogen and oxygen atoms in total. The second kappa shape index (κ2) is 3.86. The highest BCUT2D eigenvalue weighted by Gasteiger charge is 1.99. The lowest BCUT2D eigenvalue weighted by atomic mass is 10.3. The van der Waals surface area contributed by atoms with Crippen LogP contribution in [0, 0.1) is 0 Å². The van der Waals surface area contributed by atoms with Crippen LogP contribution in [-0.2, 0) is 4.79 Å². The molecular formula is C7H6ClN3O2. The zero-order chi connectivity index (χ0) is 9.84. The number of rotatable bonds is 2. The van der Waals surface area contributed by atoms with Crippen molar-refractivity contribution in [2.75, 3.05) is 5.73 Å². The van der Waals surface area contributed by atoms with Crippen molar-refractivity contribution in [3.63, 3.8) is 0 Å². The van der Waals surface area contributed by atoms with Gasteiger partial charge in [-0.1, -0.05) is 11.6 Å². The van der Waals surface area contributed by atoms with Crippen molar-refractivity contribution in [1.82, 2.24) is 10.2 Å². The van der Waals surface area contributed by atoms with Gasteiger partial charge < -0.3 is 10.8 Å². The number of nitrogens with zero attached hydrogens (tertiary/aromatic N) is 2. The Balaban J connectivity index is 2.96. The van der Waals surface area contributed by atoms with Gasteiger partial charge in [0.05, 0.1) is 5.69 Å². The molecule has 3 N–H and O–H groups in total. The molecule has 1 aromatic heterocycles. The number of aromatic nitrogens is 2. The molecule has 0 saturated heterocycles. The number of nitrogens with two attached hydrogens (primary N) is 1. The first-order valence-electron chi connectivity index (χ1n) is 3.29. The lowest BCUT2D eigenvalue weighted by molar-refractivity contribution is -0.131. The van der Waals surface area contributed by atoms with Gasteiger partial charge in [0.1, 0.15) is 5.69 Å². The molecule has 0 radical (unpaired) electrons. The Kier molecular flexibility index (Phi) is 2.81. The van der Waals surface area contributed by atoms with E-state index in [4.69, 9.17) is 22.4 Å². The number of anilines is 1. The molecule has 0 unspecified atom stereocenters. The Labute approximate surface area is 78.8 Å². The van der Waals surface area contributed by atoms with Crippen molar-refractivity contribution >= 4 is 29.3 Å². The summed E-state index contributed by atoms with van der Waals surface area (Å²) in [5.74, 6) is -1.07. The summed E-state index contributed by atoms with van der Waals surface area (Å²) in [5.41, 5.74) is 6.05. The van der Waals surface area contributed by atoms with Crippen molar-refractivity contribution in [3.05, 3.63) is 23.0 Å². The van der Waals surface area contributed by atoms with Crippen LogP contribution in [0.1, 0.15) is 5.69 Å². The van der Waals surface area contributed by atoms with E-state index in [2.05, 4.69) is 10.2 Å². The van der Waals surface area contributed by atoms with Crippen LogP contribution in [-0.4, -0.2) is 21.3 Å².